The van der Waals surface area contributed by atoms with E-state index in [0.717, 1.165) is 15.4 Å². The summed E-state index contributed by atoms with van der Waals surface area (Å²) in [5, 5.41) is 3.48. The number of nitrogens with zero attached hydrogens (tertiary/aromatic N) is 2. The predicted octanol–water partition coefficient (Wildman–Crippen LogP) is 4.68. The van der Waals surface area contributed by atoms with Crippen LogP contribution in [0.25, 0.3) is 0 Å². The topological polar surface area (TPSA) is 104 Å². The first-order valence-electron chi connectivity index (χ1n) is 13.6. The Balaban J connectivity index is 1.56. The third-order valence-corrected chi connectivity index (χ3v) is 8.94. The molecule has 3 aromatic carbocycles. The Labute approximate surface area is 246 Å². The highest BCUT2D eigenvalue weighted by Gasteiger charge is 2.40. The van der Waals surface area contributed by atoms with Crippen LogP contribution in [0.1, 0.15) is 48.2 Å². The van der Waals surface area contributed by atoms with E-state index in [1.165, 1.54) is 17.0 Å². The maximum atomic E-state index is 13.8. The molecule has 1 aliphatic rings. The van der Waals surface area contributed by atoms with Crippen LogP contribution in [-0.2, 0) is 32.6 Å². The van der Waals surface area contributed by atoms with Crippen molar-refractivity contribution < 1.29 is 22.8 Å². The van der Waals surface area contributed by atoms with Crippen molar-refractivity contribution in [3.63, 3.8) is 0 Å². The molecule has 0 aliphatic carbocycles. The summed E-state index contributed by atoms with van der Waals surface area (Å²) in [5.74, 6) is -0.978. The van der Waals surface area contributed by atoms with Crippen molar-refractivity contribution >= 4 is 39.3 Å². The van der Waals surface area contributed by atoms with Gasteiger partial charge in [0.05, 0.1) is 5.56 Å². The van der Waals surface area contributed by atoms with Gasteiger partial charge in [-0.15, -0.1) is 0 Å². The van der Waals surface area contributed by atoms with Gasteiger partial charge < -0.3 is 10.2 Å². The van der Waals surface area contributed by atoms with Gasteiger partial charge in [0.25, 0.3) is 15.9 Å². The van der Waals surface area contributed by atoms with Crippen molar-refractivity contribution in [2.24, 2.45) is 5.92 Å². The van der Waals surface area contributed by atoms with Gasteiger partial charge >= 0.3 is 0 Å². The summed E-state index contributed by atoms with van der Waals surface area (Å²) in [6, 6.07) is 21.8. The van der Waals surface area contributed by atoms with Crippen LogP contribution in [0, 0.1) is 5.92 Å². The summed E-state index contributed by atoms with van der Waals surface area (Å²) >= 11 is 6.22. The number of hydrogen-bond acceptors (Lipinski definition) is 5. The van der Waals surface area contributed by atoms with E-state index in [1.807, 2.05) is 50.2 Å². The van der Waals surface area contributed by atoms with E-state index in [4.69, 9.17) is 11.6 Å². The van der Waals surface area contributed by atoms with Gasteiger partial charge in [0.15, 0.2) is 0 Å². The van der Waals surface area contributed by atoms with Gasteiger partial charge in [-0.1, -0.05) is 80.0 Å². The van der Waals surface area contributed by atoms with E-state index in [2.05, 4.69) is 5.32 Å². The molecule has 3 amide bonds. The zero-order chi connectivity index (χ0) is 29.6. The van der Waals surface area contributed by atoms with Gasteiger partial charge in [0.1, 0.15) is 10.9 Å². The van der Waals surface area contributed by atoms with Crippen LogP contribution in [-0.4, -0.2) is 54.5 Å². The molecular formula is C31H34ClN3O5S. The van der Waals surface area contributed by atoms with E-state index in [0.29, 0.717) is 18.0 Å². The standard InChI is InChI=1S/C31H34ClN3O5S/c1-22(2)20-33-30(37)27(19-23-10-4-3-5-11-23)34(21-24-12-8-13-25(32)18-24)29(36)16-9-17-35-31(38)26-14-6-7-15-28(26)41(35,39)40/h3-8,10-15,18,22,27H,9,16-17,19-21H2,1-2H3,(H,33,37)/t27-/m1/s1. The molecule has 41 heavy (non-hydrogen) atoms. The highest BCUT2D eigenvalue weighted by atomic mass is 35.5. The van der Waals surface area contributed by atoms with Crippen molar-refractivity contribution in [1.29, 1.82) is 0 Å². The predicted molar refractivity (Wildman–Crippen MR) is 158 cm³/mol. The summed E-state index contributed by atoms with van der Waals surface area (Å²) < 4.78 is 26.7. The quantitative estimate of drug-likeness (QED) is 0.327. The van der Waals surface area contributed by atoms with E-state index < -0.39 is 22.0 Å². The fourth-order valence-electron chi connectivity index (χ4n) is 4.78. The molecule has 0 radical (unpaired) electrons. The van der Waals surface area contributed by atoms with Crippen molar-refractivity contribution in [3.8, 4) is 0 Å². The third kappa shape index (κ3) is 7.34. The number of benzene rings is 3. The third-order valence-electron chi connectivity index (χ3n) is 6.86. The Hall–Kier alpha value is -3.69. The second-order valence-corrected chi connectivity index (χ2v) is 12.7. The van der Waals surface area contributed by atoms with Crippen LogP contribution in [0.5, 0.6) is 0 Å². The molecule has 10 heteroatoms. The first kappa shape index (κ1) is 30.3. The molecule has 0 aromatic heterocycles. The molecule has 0 spiro atoms. The maximum absolute atomic E-state index is 13.8. The first-order chi connectivity index (χ1) is 19.6. The molecule has 3 aromatic rings. The average Bonchev–Trinajstić information content (AvgIpc) is 3.14. The zero-order valence-corrected chi connectivity index (χ0v) is 24.7. The lowest BCUT2D eigenvalue weighted by Crippen LogP contribution is -2.51. The Bertz CT molecular complexity index is 1510. The number of amides is 3. The fraction of sp³-hybridized carbons (Fsp3) is 0.323. The second-order valence-electron chi connectivity index (χ2n) is 10.5. The molecular weight excluding hydrogens is 562 g/mol. The average molecular weight is 596 g/mol. The summed E-state index contributed by atoms with van der Waals surface area (Å²) in [6.45, 7) is 4.44. The minimum absolute atomic E-state index is 0.0244. The van der Waals surface area contributed by atoms with Crippen LogP contribution >= 0.6 is 11.6 Å². The molecule has 0 bridgehead atoms. The molecule has 0 unspecified atom stereocenters. The van der Waals surface area contributed by atoms with Gasteiger partial charge in [-0.25, -0.2) is 12.7 Å². The molecule has 0 saturated carbocycles. The van der Waals surface area contributed by atoms with Crippen LogP contribution in [0.3, 0.4) is 0 Å². The summed E-state index contributed by atoms with van der Waals surface area (Å²) in [4.78, 5) is 41.6. The molecule has 1 atom stereocenters. The number of rotatable bonds is 12. The van der Waals surface area contributed by atoms with Crippen molar-refractivity contribution in [2.75, 3.05) is 13.1 Å². The lowest BCUT2D eigenvalue weighted by atomic mass is 10.0. The van der Waals surface area contributed by atoms with E-state index in [-0.39, 0.29) is 54.1 Å². The largest absolute Gasteiger partial charge is 0.354 e. The number of fused-ring (bicyclic) bond motifs is 1. The molecule has 0 saturated heterocycles. The highest BCUT2D eigenvalue weighted by molar-refractivity contribution is 7.90. The Morgan fingerprint density at radius 1 is 0.951 bits per heavy atom. The van der Waals surface area contributed by atoms with Gasteiger partial charge in [-0.3, -0.25) is 14.4 Å². The van der Waals surface area contributed by atoms with Crippen molar-refractivity contribution in [3.05, 3.63) is 101 Å². The minimum atomic E-state index is -3.97. The van der Waals surface area contributed by atoms with E-state index in [1.54, 1.807) is 30.3 Å². The van der Waals surface area contributed by atoms with E-state index >= 15 is 0 Å². The minimum Gasteiger partial charge on any atom is -0.354 e. The van der Waals surface area contributed by atoms with Crippen molar-refractivity contribution in [2.45, 2.75) is 50.6 Å². The van der Waals surface area contributed by atoms with Gasteiger partial charge in [0, 0.05) is 37.5 Å². The number of carbonyl (C=O) groups excluding carboxylic acids is 3. The van der Waals surface area contributed by atoms with E-state index in [9.17, 15) is 22.8 Å². The SMILES string of the molecule is CC(C)CNC(=O)[C@@H](Cc1ccccc1)N(Cc1cccc(Cl)c1)C(=O)CCCN1C(=O)c2ccccc2S1(=O)=O. The lowest BCUT2D eigenvalue weighted by Gasteiger charge is -2.32. The summed E-state index contributed by atoms with van der Waals surface area (Å²) in [5.41, 5.74) is 1.78. The second kappa shape index (κ2) is 13.3. The maximum Gasteiger partial charge on any atom is 0.269 e. The smallest absolute Gasteiger partial charge is 0.269 e. The number of sulfonamides is 1. The number of halogens is 1. The summed E-state index contributed by atoms with van der Waals surface area (Å²) in [7, 11) is -3.97. The number of nitrogens with one attached hydrogen (secondary N) is 1. The molecule has 8 nitrogen and oxygen atoms in total. The Morgan fingerprint density at radius 2 is 1.63 bits per heavy atom. The van der Waals surface area contributed by atoms with Crippen LogP contribution < -0.4 is 5.32 Å². The van der Waals surface area contributed by atoms with Crippen LogP contribution in [0.2, 0.25) is 5.02 Å². The molecule has 4 rings (SSSR count). The normalized spacial score (nSPS) is 14.5. The fourth-order valence-corrected chi connectivity index (χ4v) is 6.60. The lowest BCUT2D eigenvalue weighted by molar-refractivity contribution is -0.141. The van der Waals surface area contributed by atoms with Crippen molar-refractivity contribution in [1.82, 2.24) is 14.5 Å². The number of carbonyl (C=O) groups is 3. The number of hydrogen-bond donors (Lipinski definition) is 1. The van der Waals surface area contributed by atoms with Gasteiger partial charge in [-0.2, -0.15) is 0 Å². The Kier molecular flexibility index (Phi) is 9.83. The zero-order valence-electron chi connectivity index (χ0n) is 23.1. The molecule has 1 aliphatic heterocycles. The monoisotopic (exact) mass is 595 g/mol. The molecule has 216 valence electrons. The van der Waals surface area contributed by atoms with Gasteiger partial charge in [-0.05, 0) is 47.7 Å². The summed E-state index contributed by atoms with van der Waals surface area (Å²) in [6.07, 6.45) is 0.347. The highest BCUT2D eigenvalue weighted by Crippen LogP contribution is 2.30. The first-order valence-corrected chi connectivity index (χ1v) is 15.4. The van der Waals surface area contributed by atoms with Crippen LogP contribution in [0.15, 0.2) is 83.8 Å². The molecule has 1 heterocycles. The van der Waals surface area contributed by atoms with Gasteiger partial charge in [0.2, 0.25) is 11.8 Å². The molecule has 0 fully saturated rings. The Morgan fingerprint density at radius 3 is 2.32 bits per heavy atom. The van der Waals surface area contributed by atoms with Crippen LogP contribution in [0.4, 0.5) is 0 Å². The molecule has 1 N–H and O–H groups in total.